The van der Waals surface area contributed by atoms with Crippen LogP contribution in [0.25, 0.3) is 0 Å². The van der Waals surface area contributed by atoms with Crippen LogP contribution in [0.4, 0.5) is 5.69 Å². The average molecular weight is 232 g/mol. The first-order chi connectivity index (χ1) is 7.84. The Hall–Kier alpha value is -1.67. The zero-order valence-electron chi connectivity index (χ0n) is 8.48. The van der Waals surface area contributed by atoms with Crippen LogP contribution in [-0.2, 0) is 0 Å². The first-order valence-corrected chi connectivity index (χ1v) is 5.49. The summed E-state index contributed by atoms with van der Waals surface area (Å²) in [4.78, 5) is 0. The van der Waals surface area contributed by atoms with Crippen LogP contribution >= 0.6 is 11.6 Å². The molecular weight excluding hydrogens is 222 g/mol. The summed E-state index contributed by atoms with van der Waals surface area (Å²) in [5.41, 5.74) is 1.97. The van der Waals surface area contributed by atoms with Gasteiger partial charge in [-0.25, -0.2) is 0 Å². The van der Waals surface area contributed by atoms with Crippen LogP contribution in [0.1, 0.15) is 11.8 Å². The second-order valence-electron chi connectivity index (χ2n) is 3.66. The van der Waals surface area contributed by atoms with E-state index in [4.69, 9.17) is 16.3 Å². The fourth-order valence-corrected chi connectivity index (χ4v) is 2.05. The van der Waals surface area contributed by atoms with Crippen molar-refractivity contribution in [3.8, 4) is 5.75 Å². The third kappa shape index (κ3) is 1.51. The van der Waals surface area contributed by atoms with Crippen molar-refractivity contribution in [2.75, 3.05) is 5.32 Å². The van der Waals surface area contributed by atoms with Crippen LogP contribution < -0.4 is 10.1 Å². The van der Waals surface area contributed by atoms with Crippen molar-refractivity contribution in [1.29, 1.82) is 0 Å². The molecule has 0 bridgehead atoms. The van der Waals surface area contributed by atoms with Gasteiger partial charge in [0.2, 0.25) is 0 Å². The number of hydrogen-bond donors (Lipinski definition) is 1. The summed E-state index contributed by atoms with van der Waals surface area (Å²) in [6.07, 6.45) is -0.189. The fourth-order valence-electron chi connectivity index (χ4n) is 1.82. The molecule has 2 nitrogen and oxygen atoms in total. The van der Waals surface area contributed by atoms with Gasteiger partial charge in [-0.15, -0.1) is 0 Å². The summed E-state index contributed by atoms with van der Waals surface area (Å²) in [7, 11) is 0. The molecule has 1 unspecified atom stereocenters. The van der Waals surface area contributed by atoms with Gasteiger partial charge in [-0.1, -0.05) is 41.9 Å². The Kier molecular flexibility index (Phi) is 2.22. The minimum atomic E-state index is -0.189. The summed E-state index contributed by atoms with van der Waals surface area (Å²) in [5.74, 6) is 0.868. The lowest BCUT2D eigenvalue weighted by molar-refractivity contribution is 0.260. The fraction of sp³-hybridized carbons (Fsp3) is 0.0769. The van der Waals surface area contributed by atoms with Crippen LogP contribution in [0.2, 0.25) is 5.02 Å². The molecule has 0 radical (unpaired) electrons. The summed E-state index contributed by atoms with van der Waals surface area (Å²) < 4.78 is 5.78. The van der Waals surface area contributed by atoms with Crippen molar-refractivity contribution in [3.63, 3.8) is 0 Å². The van der Waals surface area contributed by atoms with Gasteiger partial charge in [-0.2, -0.15) is 0 Å². The van der Waals surface area contributed by atoms with Crippen LogP contribution in [-0.4, -0.2) is 0 Å². The number of fused-ring (bicyclic) bond motifs is 1. The second-order valence-corrected chi connectivity index (χ2v) is 4.07. The molecule has 1 heterocycles. The van der Waals surface area contributed by atoms with Crippen LogP contribution in [0.5, 0.6) is 5.75 Å². The normalized spacial score (nSPS) is 17.4. The molecule has 1 atom stereocenters. The van der Waals surface area contributed by atoms with E-state index in [2.05, 4.69) is 5.32 Å². The highest BCUT2D eigenvalue weighted by Crippen LogP contribution is 2.38. The molecule has 0 saturated carbocycles. The number of nitrogens with one attached hydrogen (secondary N) is 1. The molecule has 2 aromatic rings. The zero-order chi connectivity index (χ0) is 11.0. The van der Waals surface area contributed by atoms with Crippen molar-refractivity contribution in [1.82, 2.24) is 0 Å². The first kappa shape index (κ1) is 9.55. The Balaban J connectivity index is 1.95. The van der Waals surface area contributed by atoms with Crippen molar-refractivity contribution in [2.24, 2.45) is 0 Å². The maximum Gasteiger partial charge on any atom is 0.198 e. The van der Waals surface area contributed by atoms with E-state index < -0.39 is 0 Å². The quantitative estimate of drug-likeness (QED) is 0.805. The van der Waals surface area contributed by atoms with Crippen LogP contribution in [0, 0.1) is 0 Å². The minimum absolute atomic E-state index is 0.189. The lowest BCUT2D eigenvalue weighted by Crippen LogP contribution is -2.10. The molecule has 3 rings (SSSR count). The van der Waals surface area contributed by atoms with E-state index in [1.165, 1.54) is 0 Å². The predicted octanol–water partition coefficient (Wildman–Crippen LogP) is 3.84. The molecular formula is C13H10ClNO. The van der Waals surface area contributed by atoms with E-state index >= 15 is 0 Å². The maximum atomic E-state index is 6.13. The van der Waals surface area contributed by atoms with E-state index in [9.17, 15) is 0 Å². The van der Waals surface area contributed by atoms with Crippen LogP contribution in [0.15, 0.2) is 48.5 Å². The van der Waals surface area contributed by atoms with Crippen molar-refractivity contribution in [2.45, 2.75) is 6.23 Å². The molecule has 80 valence electrons. The van der Waals surface area contributed by atoms with Gasteiger partial charge in [0, 0.05) is 10.6 Å². The van der Waals surface area contributed by atoms with Crippen molar-refractivity contribution in [3.05, 3.63) is 59.1 Å². The summed E-state index contributed by atoms with van der Waals surface area (Å²) in [5, 5.41) is 4.00. The highest BCUT2D eigenvalue weighted by molar-refractivity contribution is 6.31. The van der Waals surface area contributed by atoms with Crippen molar-refractivity contribution < 1.29 is 4.74 Å². The number of benzene rings is 2. The highest BCUT2D eigenvalue weighted by atomic mass is 35.5. The van der Waals surface area contributed by atoms with E-state index in [-0.39, 0.29) is 6.23 Å². The Bertz CT molecular complexity index is 502. The first-order valence-electron chi connectivity index (χ1n) is 5.11. The molecule has 0 spiro atoms. The number of ether oxygens (including phenoxy) is 1. The number of para-hydroxylation sites is 2. The SMILES string of the molecule is Clc1ccccc1C1Nc2ccccc2O1. The third-order valence-electron chi connectivity index (χ3n) is 2.61. The van der Waals surface area contributed by atoms with Gasteiger partial charge in [-0.05, 0) is 18.2 Å². The highest BCUT2D eigenvalue weighted by Gasteiger charge is 2.24. The van der Waals surface area contributed by atoms with E-state index in [1.807, 2.05) is 48.5 Å². The summed E-state index contributed by atoms with van der Waals surface area (Å²) in [6, 6.07) is 15.6. The number of halogens is 1. The topological polar surface area (TPSA) is 21.3 Å². The van der Waals surface area contributed by atoms with Gasteiger partial charge >= 0.3 is 0 Å². The largest absolute Gasteiger partial charge is 0.464 e. The third-order valence-corrected chi connectivity index (χ3v) is 2.95. The Labute approximate surface area is 98.8 Å². The molecule has 0 aromatic heterocycles. The maximum absolute atomic E-state index is 6.13. The molecule has 2 aromatic carbocycles. The summed E-state index contributed by atoms with van der Waals surface area (Å²) >= 11 is 6.13. The predicted molar refractivity (Wildman–Crippen MR) is 64.9 cm³/mol. The Morgan fingerprint density at radius 3 is 2.56 bits per heavy atom. The molecule has 0 amide bonds. The molecule has 0 saturated heterocycles. The van der Waals surface area contributed by atoms with Gasteiger partial charge in [0.1, 0.15) is 5.75 Å². The van der Waals surface area contributed by atoms with Gasteiger partial charge < -0.3 is 10.1 Å². The lowest BCUT2D eigenvalue weighted by Gasteiger charge is -2.12. The lowest BCUT2D eigenvalue weighted by atomic mass is 10.2. The monoisotopic (exact) mass is 231 g/mol. The van der Waals surface area contributed by atoms with Gasteiger partial charge in [-0.3, -0.25) is 0 Å². The minimum Gasteiger partial charge on any atom is -0.464 e. The smallest absolute Gasteiger partial charge is 0.198 e. The van der Waals surface area contributed by atoms with Gasteiger partial charge in [0.05, 0.1) is 5.69 Å². The van der Waals surface area contributed by atoms with E-state index in [0.29, 0.717) is 5.02 Å². The Morgan fingerprint density at radius 1 is 1.00 bits per heavy atom. The standard InChI is InChI=1S/C13H10ClNO/c14-10-6-2-1-5-9(10)13-15-11-7-3-4-8-12(11)16-13/h1-8,13,15H. The van der Waals surface area contributed by atoms with E-state index in [1.54, 1.807) is 0 Å². The molecule has 1 N–H and O–H groups in total. The van der Waals surface area contributed by atoms with Crippen LogP contribution in [0.3, 0.4) is 0 Å². The second kappa shape index (κ2) is 3.72. The van der Waals surface area contributed by atoms with Crippen molar-refractivity contribution >= 4 is 17.3 Å². The molecule has 1 aliphatic heterocycles. The zero-order valence-corrected chi connectivity index (χ0v) is 9.24. The molecule has 1 aliphatic rings. The molecule has 0 fully saturated rings. The van der Waals surface area contributed by atoms with E-state index in [0.717, 1.165) is 17.0 Å². The molecule has 16 heavy (non-hydrogen) atoms. The number of hydrogen-bond acceptors (Lipinski definition) is 2. The van der Waals surface area contributed by atoms with Gasteiger partial charge in [0.25, 0.3) is 0 Å². The summed E-state index contributed by atoms with van der Waals surface area (Å²) in [6.45, 7) is 0. The molecule has 3 heteroatoms. The van der Waals surface area contributed by atoms with Gasteiger partial charge in [0.15, 0.2) is 6.23 Å². The number of rotatable bonds is 1. The number of anilines is 1. The molecule has 0 aliphatic carbocycles. The average Bonchev–Trinajstić information content (AvgIpc) is 2.73. The Morgan fingerprint density at radius 2 is 1.75 bits per heavy atom.